The van der Waals surface area contributed by atoms with Crippen LogP contribution in [0.4, 0.5) is 0 Å². The number of hydrogen-bond acceptors (Lipinski definition) is 6. The second kappa shape index (κ2) is 9.82. The summed E-state index contributed by atoms with van der Waals surface area (Å²) in [6.45, 7) is 4.94. The van der Waals surface area contributed by atoms with E-state index in [1.807, 2.05) is 30.7 Å². The summed E-state index contributed by atoms with van der Waals surface area (Å²) in [5.41, 5.74) is 2.68. The van der Waals surface area contributed by atoms with Gasteiger partial charge in [0.2, 0.25) is 15.9 Å². The first-order valence-electron chi connectivity index (χ1n) is 12.6. The number of carboxylic acids is 1. The number of hydrogen-bond donors (Lipinski definition) is 1. The number of ether oxygens (including phenoxy) is 1. The van der Waals surface area contributed by atoms with E-state index < -0.39 is 16.0 Å². The third-order valence-corrected chi connectivity index (χ3v) is 9.26. The molecule has 0 spiro atoms. The molecule has 192 valence electrons. The van der Waals surface area contributed by atoms with Crippen molar-refractivity contribution in [2.45, 2.75) is 62.8 Å². The van der Waals surface area contributed by atoms with Crippen molar-refractivity contribution in [2.75, 3.05) is 19.7 Å². The number of rotatable bonds is 8. The van der Waals surface area contributed by atoms with Crippen molar-refractivity contribution in [2.24, 2.45) is 5.92 Å². The van der Waals surface area contributed by atoms with Gasteiger partial charge in [-0.25, -0.2) is 13.4 Å². The van der Waals surface area contributed by atoms with Gasteiger partial charge in [0.25, 0.3) is 0 Å². The Bertz CT molecular complexity index is 1360. The van der Waals surface area contributed by atoms with Crippen molar-refractivity contribution < 1.29 is 23.1 Å². The first-order chi connectivity index (χ1) is 17.3. The van der Waals surface area contributed by atoms with Gasteiger partial charge in [-0.3, -0.25) is 9.48 Å². The summed E-state index contributed by atoms with van der Waals surface area (Å²) in [5, 5.41) is 15.2. The molecule has 10 heteroatoms. The Labute approximate surface area is 211 Å². The third kappa shape index (κ3) is 4.48. The van der Waals surface area contributed by atoms with Gasteiger partial charge in [0.05, 0.1) is 36.5 Å². The van der Waals surface area contributed by atoms with Crippen molar-refractivity contribution >= 4 is 26.9 Å². The van der Waals surface area contributed by atoms with Gasteiger partial charge in [-0.1, -0.05) is 38.0 Å². The molecule has 0 bridgehead atoms. The number of aromatic nitrogens is 3. The van der Waals surface area contributed by atoms with Gasteiger partial charge >= 0.3 is 5.97 Å². The molecule has 0 unspecified atom stereocenters. The van der Waals surface area contributed by atoms with Crippen LogP contribution in [0.25, 0.3) is 10.9 Å². The molecule has 2 aromatic heterocycles. The van der Waals surface area contributed by atoms with E-state index in [1.165, 1.54) is 35.0 Å². The van der Waals surface area contributed by atoms with Crippen LogP contribution in [0.3, 0.4) is 0 Å². The van der Waals surface area contributed by atoms with Crippen molar-refractivity contribution in [3.8, 4) is 5.88 Å². The topological polar surface area (TPSA) is 115 Å². The van der Waals surface area contributed by atoms with Crippen LogP contribution in [0, 0.1) is 5.92 Å². The van der Waals surface area contributed by atoms with E-state index in [1.54, 1.807) is 6.07 Å². The minimum Gasteiger partial charge on any atom is -0.481 e. The van der Waals surface area contributed by atoms with Crippen molar-refractivity contribution in [1.82, 2.24) is 19.1 Å². The number of benzene rings is 1. The largest absolute Gasteiger partial charge is 0.481 e. The lowest BCUT2D eigenvalue weighted by Gasteiger charge is -2.20. The number of carbonyl (C=O) groups is 1. The van der Waals surface area contributed by atoms with E-state index in [0.717, 1.165) is 23.7 Å². The zero-order chi connectivity index (χ0) is 25.4. The summed E-state index contributed by atoms with van der Waals surface area (Å²) in [6.07, 6.45) is 5.73. The van der Waals surface area contributed by atoms with E-state index in [4.69, 9.17) is 9.84 Å². The molecule has 1 saturated heterocycles. The number of nitrogens with zero attached hydrogens (tertiary/aromatic N) is 4. The van der Waals surface area contributed by atoms with Crippen LogP contribution >= 0.6 is 0 Å². The molecule has 3 aromatic rings. The number of pyridine rings is 1. The molecule has 2 aliphatic rings. The highest BCUT2D eigenvalue weighted by Crippen LogP contribution is 2.41. The maximum absolute atomic E-state index is 13.5. The fourth-order valence-electron chi connectivity index (χ4n) is 5.69. The summed E-state index contributed by atoms with van der Waals surface area (Å²) in [5.74, 6) is -0.141. The van der Waals surface area contributed by atoms with Gasteiger partial charge in [-0.15, -0.1) is 0 Å². The maximum Gasteiger partial charge on any atom is 0.309 e. The molecule has 9 nitrogen and oxygen atoms in total. The summed E-state index contributed by atoms with van der Waals surface area (Å²) in [7, 11) is -3.76. The highest BCUT2D eigenvalue weighted by atomic mass is 32.2. The molecule has 0 amide bonds. The molecule has 36 heavy (non-hydrogen) atoms. The smallest absolute Gasteiger partial charge is 0.309 e. The van der Waals surface area contributed by atoms with Gasteiger partial charge in [0.15, 0.2) is 0 Å². The standard InChI is InChI=1S/C26H32N4O5S/c1-3-35-24-12-11-19(14-27-24)36(33,34)29-15-17(2)23(16-29)30-26-20(18-7-4-5-8-18)9-6-10-21(26)22(28-30)13-25(31)32/h6,9-12,14,17-18,23H,3-5,7-8,13,15-16H2,1-2H3,(H,31,32)/t17-,23+/m1/s1. The second-order valence-electron chi connectivity index (χ2n) is 9.82. The predicted molar refractivity (Wildman–Crippen MR) is 135 cm³/mol. The van der Waals surface area contributed by atoms with Crippen LogP contribution < -0.4 is 4.74 Å². The number of carboxylic acid groups (broad SMARTS) is 1. The van der Waals surface area contributed by atoms with E-state index in [2.05, 4.69) is 11.1 Å². The normalized spacial score (nSPS) is 21.4. The van der Waals surface area contributed by atoms with E-state index in [9.17, 15) is 18.3 Å². The summed E-state index contributed by atoms with van der Waals surface area (Å²) in [4.78, 5) is 15.9. The second-order valence-corrected chi connectivity index (χ2v) is 11.8. The van der Waals surface area contributed by atoms with Crippen LogP contribution in [0.5, 0.6) is 5.88 Å². The van der Waals surface area contributed by atoms with Crippen molar-refractivity contribution in [3.05, 3.63) is 47.8 Å². The molecular weight excluding hydrogens is 480 g/mol. The van der Waals surface area contributed by atoms with Crippen LogP contribution in [-0.2, 0) is 21.2 Å². The average Bonchev–Trinajstić information content (AvgIpc) is 3.59. The number of aliphatic carboxylic acids is 1. The Morgan fingerprint density at radius 1 is 1.17 bits per heavy atom. The Balaban J connectivity index is 1.52. The number of fused-ring (bicyclic) bond motifs is 1. The zero-order valence-corrected chi connectivity index (χ0v) is 21.4. The fraction of sp³-hybridized carbons (Fsp3) is 0.500. The van der Waals surface area contributed by atoms with Gasteiger partial charge in [-0.05, 0) is 43.2 Å². The minimum atomic E-state index is -3.76. The Hall–Kier alpha value is -2.98. The molecule has 1 aliphatic heterocycles. The van der Waals surface area contributed by atoms with Crippen molar-refractivity contribution in [3.63, 3.8) is 0 Å². The minimum absolute atomic E-state index is 0.00663. The maximum atomic E-state index is 13.5. The molecular formula is C26H32N4O5S. The number of sulfonamides is 1. The highest BCUT2D eigenvalue weighted by Gasteiger charge is 2.40. The highest BCUT2D eigenvalue weighted by molar-refractivity contribution is 7.89. The summed E-state index contributed by atoms with van der Waals surface area (Å²) >= 11 is 0. The molecule has 1 N–H and O–H groups in total. The summed E-state index contributed by atoms with van der Waals surface area (Å²) in [6, 6.07) is 8.94. The Morgan fingerprint density at radius 3 is 2.61 bits per heavy atom. The van der Waals surface area contributed by atoms with Gasteiger partial charge < -0.3 is 9.84 Å². The lowest BCUT2D eigenvalue weighted by Crippen LogP contribution is -2.29. The van der Waals surface area contributed by atoms with Crippen molar-refractivity contribution in [1.29, 1.82) is 0 Å². The van der Waals surface area contributed by atoms with Gasteiger partial charge in [0, 0.05) is 24.5 Å². The predicted octanol–water partition coefficient (Wildman–Crippen LogP) is 4.00. The van der Waals surface area contributed by atoms with Gasteiger partial charge in [0.1, 0.15) is 4.90 Å². The van der Waals surface area contributed by atoms with Gasteiger partial charge in [-0.2, -0.15) is 9.40 Å². The SMILES string of the molecule is CCOc1ccc(S(=O)(=O)N2C[C@@H](C)[C@@H](n3nc(CC(=O)O)c4cccc(C5CCCC5)c43)C2)cn1. The van der Waals surface area contributed by atoms with E-state index >= 15 is 0 Å². The molecule has 1 aliphatic carbocycles. The molecule has 1 aromatic carbocycles. The van der Waals surface area contributed by atoms with Crippen LogP contribution in [0.15, 0.2) is 41.4 Å². The van der Waals surface area contributed by atoms with Crippen LogP contribution in [-0.4, -0.2) is 58.3 Å². The Morgan fingerprint density at radius 2 is 1.94 bits per heavy atom. The van der Waals surface area contributed by atoms with E-state index in [-0.39, 0.29) is 29.8 Å². The molecule has 3 heterocycles. The zero-order valence-electron chi connectivity index (χ0n) is 20.6. The average molecular weight is 513 g/mol. The number of para-hydroxylation sites is 1. The molecule has 2 atom stereocenters. The van der Waals surface area contributed by atoms with Crippen LogP contribution in [0.2, 0.25) is 0 Å². The summed E-state index contributed by atoms with van der Waals surface area (Å²) < 4.78 is 35.7. The van der Waals surface area contributed by atoms with Crippen LogP contribution in [0.1, 0.15) is 62.7 Å². The Kier molecular flexibility index (Phi) is 6.74. The van der Waals surface area contributed by atoms with E-state index in [0.29, 0.717) is 30.6 Å². The molecule has 2 fully saturated rings. The molecule has 1 saturated carbocycles. The molecule has 0 radical (unpaired) electrons. The first kappa shape index (κ1) is 24.7. The lowest BCUT2D eigenvalue weighted by atomic mass is 9.94. The fourth-order valence-corrected chi connectivity index (χ4v) is 7.19. The molecule has 5 rings (SSSR count). The monoisotopic (exact) mass is 512 g/mol. The quantitative estimate of drug-likeness (QED) is 0.485. The lowest BCUT2D eigenvalue weighted by molar-refractivity contribution is -0.136. The third-order valence-electron chi connectivity index (χ3n) is 7.44. The first-order valence-corrected chi connectivity index (χ1v) is 14.0.